The standard InChI is InChI=1S/C22H29NO2.CHNO/c1-14(23-13-24)18-6-7-19-17-5-4-15-12-16(25)8-10-21(15,2)20(17)9-11-22(18,19)3;2-1-3/h8,10,12,14,17-20H,4-7,9,11H2,1-3H3;2H/t14?,17-,18+,19-,20-,21-,22+;/m0./s1. The van der Waals surface area contributed by atoms with Crippen molar-refractivity contribution in [3.05, 3.63) is 23.8 Å². The molecule has 0 radical (unpaired) electrons. The fourth-order valence-corrected chi connectivity index (χ4v) is 7.20. The van der Waals surface area contributed by atoms with Crippen LogP contribution in [0.3, 0.4) is 0 Å². The molecule has 3 fully saturated rings. The molecule has 5 nitrogen and oxygen atoms in total. The molecule has 150 valence electrons. The summed E-state index contributed by atoms with van der Waals surface area (Å²) >= 11 is 0. The molecule has 0 amide bonds. The number of carbonyl (C=O) groups is 1. The van der Waals surface area contributed by atoms with Crippen LogP contribution < -0.4 is 0 Å². The average molecular weight is 383 g/mol. The van der Waals surface area contributed by atoms with E-state index in [2.05, 4.69) is 31.8 Å². The molecule has 4 rings (SSSR count). The summed E-state index contributed by atoms with van der Waals surface area (Å²) in [5, 5.41) is 5.40. The molecule has 5 heteroatoms. The Morgan fingerprint density at radius 3 is 2.57 bits per heavy atom. The van der Waals surface area contributed by atoms with Crippen LogP contribution in [0.2, 0.25) is 0 Å². The van der Waals surface area contributed by atoms with Crippen LogP contribution in [-0.4, -0.2) is 24.0 Å². The zero-order chi connectivity index (χ0) is 20.5. The van der Waals surface area contributed by atoms with Crippen LogP contribution in [-0.2, 0) is 14.4 Å². The highest BCUT2D eigenvalue weighted by Gasteiger charge is 2.59. The van der Waals surface area contributed by atoms with E-state index in [1.807, 2.05) is 6.08 Å². The Morgan fingerprint density at radius 1 is 1.18 bits per heavy atom. The molecular weight excluding hydrogens is 352 g/mol. The monoisotopic (exact) mass is 382 g/mol. The van der Waals surface area contributed by atoms with Crippen LogP contribution in [0.4, 0.5) is 0 Å². The first-order chi connectivity index (χ1) is 13.3. The van der Waals surface area contributed by atoms with Crippen molar-refractivity contribution in [1.29, 1.82) is 5.41 Å². The second-order valence-electron chi connectivity index (χ2n) is 9.39. The van der Waals surface area contributed by atoms with Crippen molar-refractivity contribution in [3.63, 3.8) is 0 Å². The minimum atomic E-state index is 0.0722. The molecule has 0 spiro atoms. The number of nitrogens with zero attached hydrogens (tertiary/aromatic N) is 1. The van der Waals surface area contributed by atoms with Gasteiger partial charge in [-0.05, 0) is 86.7 Å². The number of allylic oxidation sites excluding steroid dienone is 4. The second kappa shape index (κ2) is 7.73. The molecule has 0 heterocycles. The van der Waals surface area contributed by atoms with E-state index in [4.69, 9.17) is 10.2 Å². The first kappa shape index (κ1) is 20.6. The van der Waals surface area contributed by atoms with E-state index in [1.165, 1.54) is 37.7 Å². The van der Waals surface area contributed by atoms with E-state index in [-0.39, 0.29) is 17.2 Å². The van der Waals surface area contributed by atoms with Gasteiger partial charge in [0.05, 0.1) is 6.04 Å². The molecule has 0 bridgehead atoms. The summed E-state index contributed by atoms with van der Waals surface area (Å²) in [4.78, 5) is 35.0. The molecule has 0 saturated heterocycles. The highest BCUT2D eigenvalue weighted by molar-refractivity contribution is 6.01. The molecule has 1 unspecified atom stereocenters. The Bertz CT molecular complexity index is 788. The number of rotatable bonds is 2. The lowest BCUT2D eigenvalue weighted by Crippen LogP contribution is -2.50. The maximum absolute atomic E-state index is 11.8. The molecular formula is C23H30N2O3. The molecule has 0 aromatic heterocycles. The van der Waals surface area contributed by atoms with Gasteiger partial charge in [-0.3, -0.25) is 4.79 Å². The highest BCUT2D eigenvalue weighted by Crippen LogP contribution is 2.66. The molecule has 3 saturated carbocycles. The maximum atomic E-state index is 11.8. The Kier molecular flexibility index (Phi) is 5.70. The number of isocyanates is 2. The van der Waals surface area contributed by atoms with Crippen molar-refractivity contribution < 1.29 is 14.4 Å². The SMILES string of the molecule is CC(N=C=O)[C@H]1CC[C@H]2[C@@H]3CCC4=CC(=O)C=C[C@]4(C)[C@H]3CC[C@]12C.N=C=O. The molecule has 1 N–H and O–H groups in total. The first-order valence-electron chi connectivity index (χ1n) is 10.4. The molecule has 7 atom stereocenters. The van der Waals surface area contributed by atoms with Crippen molar-refractivity contribution in [2.45, 2.75) is 65.3 Å². The topological polar surface area (TPSA) is 87.4 Å². The largest absolute Gasteiger partial charge is 0.290 e. The van der Waals surface area contributed by atoms with Crippen LogP contribution in [0, 0.1) is 39.9 Å². The normalized spacial score (nSPS) is 41.7. The summed E-state index contributed by atoms with van der Waals surface area (Å²) in [6, 6.07) is 0.0888. The molecule has 0 aromatic carbocycles. The fraction of sp³-hybridized carbons (Fsp3) is 0.696. The van der Waals surface area contributed by atoms with Gasteiger partial charge in [0.25, 0.3) is 0 Å². The number of hydrogen-bond donors (Lipinski definition) is 1. The van der Waals surface area contributed by atoms with E-state index < -0.39 is 0 Å². The lowest BCUT2D eigenvalue weighted by molar-refractivity contribution is -0.111. The summed E-state index contributed by atoms with van der Waals surface area (Å²) in [7, 11) is 0. The lowest BCUT2D eigenvalue weighted by atomic mass is 9.47. The number of fused-ring (bicyclic) bond motifs is 5. The lowest BCUT2D eigenvalue weighted by Gasteiger charge is -2.57. The number of carbonyl (C=O) groups excluding carboxylic acids is 3. The third-order valence-corrected chi connectivity index (χ3v) is 8.47. The Labute approximate surface area is 166 Å². The summed E-state index contributed by atoms with van der Waals surface area (Å²) < 4.78 is 0. The molecule has 4 aliphatic rings. The van der Waals surface area contributed by atoms with Crippen LogP contribution in [0.15, 0.2) is 28.8 Å². The van der Waals surface area contributed by atoms with Gasteiger partial charge in [0, 0.05) is 5.41 Å². The predicted molar refractivity (Wildman–Crippen MR) is 106 cm³/mol. The number of aliphatic imine (C=N–C) groups is 1. The van der Waals surface area contributed by atoms with Gasteiger partial charge in [-0.2, -0.15) is 0 Å². The van der Waals surface area contributed by atoms with E-state index in [0.29, 0.717) is 17.3 Å². The van der Waals surface area contributed by atoms with E-state index in [1.54, 1.807) is 12.2 Å². The third-order valence-electron chi connectivity index (χ3n) is 8.47. The van der Waals surface area contributed by atoms with Gasteiger partial charge in [0.1, 0.15) is 0 Å². The summed E-state index contributed by atoms with van der Waals surface area (Å²) in [5.74, 6) is 2.78. The van der Waals surface area contributed by atoms with Crippen molar-refractivity contribution in [2.24, 2.45) is 39.5 Å². The van der Waals surface area contributed by atoms with Gasteiger partial charge in [0.15, 0.2) is 5.78 Å². The van der Waals surface area contributed by atoms with Crippen LogP contribution in [0.25, 0.3) is 0 Å². The third kappa shape index (κ3) is 3.17. The Balaban J connectivity index is 0.000000706. The van der Waals surface area contributed by atoms with E-state index in [0.717, 1.165) is 24.3 Å². The summed E-state index contributed by atoms with van der Waals surface area (Å²) in [5.41, 5.74) is 1.73. The predicted octanol–water partition coefficient (Wildman–Crippen LogP) is 4.54. The second-order valence-corrected chi connectivity index (χ2v) is 9.39. The Morgan fingerprint density at radius 2 is 1.89 bits per heavy atom. The Hall–Kier alpha value is -2.09. The average Bonchev–Trinajstić information content (AvgIpc) is 3.00. The van der Waals surface area contributed by atoms with E-state index >= 15 is 0 Å². The minimum Gasteiger partial charge on any atom is -0.290 e. The summed E-state index contributed by atoms with van der Waals surface area (Å²) in [6.07, 6.45) is 15.6. The zero-order valence-corrected chi connectivity index (χ0v) is 17.0. The van der Waals surface area contributed by atoms with Crippen molar-refractivity contribution in [3.8, 4) is 0 Å². The molecule has 28 heavy (non-hydrogen) atoms. The molecule has 0 aromatic rings. The molecule has 4 aliphatic carbocycles. The number of ketones is 1. The van der Waals surface area contributed by atoms with E-state index in [9.17, 15) is 9.59 Å². The van der Waals surface area contributed by atoms with Gasteiger partial charge < -0.3 is 0 Å². The quantitative estimate of drug-likeness (QED) is 0.562. The van der Waals surface area contributed by atoms with Crippen molar-refractivity contribution in [2.75, 3.05) is 0 Å². The van der Waals surface area contributed by atoms with Gasteiger partial charge in [-0.25, -0.2) is 20.0 Å². The maximum Gasteiger partial charge on any atom is 0.235 e. The summed E-state index contributed by atoms with van der Waals surface area (Å²) in [6.45, 7) is 6.90. The van der Waals surface area contributed by atoms with Gasteiger partial charge >= 0.3 is 0 Å². The van der Waals surface area contributed by atoms with Crippen LogP contribution in [0.1, 0.15) is 59.3 Å². The smallest absolute Gasteiger partial charge is 0.235 e. The van der Waals surface area contributed by atoms with Crippen LogP contribution in [0.5, 0.6) is 0 Å². The number of nitrogens with one attached hydrogen (secondary N) is 1. The minimum absolute atomic E-state index is 0.0722. The fourth-order valence-electron chi connectivity index (χ4n) is 7.20. The number of hydrogen-bond acceptors (Lipinski definition) is 5. The van der Waals surface area contributed by atoms with Gasteiger partial charge in [-0.15, -0.1) is 0 Å². The van der Waals surface area contributed by atoms with Gasteiger partial charge in [-0.1, -0.05) is 25.5 Å². The van der Waals surface area contributed by atoms with Crippen LogP contribution >= 0.6 is 0 Å². The molecule has 0 aliphatic heterocycles. The van der Waals surface area contributed by atoms with Crippen molar-refractivity contribution >= 4 is 17.9 Å². The van der Waals surface area contributed by atoms with Crippen molar-refractivity contribution in [1.82, 2.24) is 0 Å². The highest BCUT2D eigenvalue weighted by atomic mass is 16.1. The zero-order valence-electron chi connectivity index (χ0n) is 17.0. The van der Waals surface area contributed by atoms with Gasteiger partial charge in [0.2, 0.25) is 12.2 Å². The first-order valence-corrected chi connectivity index (χ1v) is 10.4.